The van der Waals surface area contributed by atoms with Crippen molar-refractivity contribution in [2.45, 2.75) is 51.9 Å². The van der Waals surface area contributed by atoms with Crippen molar-refractivity contribution in [3.63, 3.8) is 0 Å². The second-order valence-corrected chi connectivity index (χ2v) is 8.03. The van der Waals surface area contributed by atoms with Crippen LogP contribution in [0.4, 0.5) is 0 Å². The van der Waals surface area contributed by atoms with Crippen molar-refractivity contribution < 1.29 is 14.6 Å². The molecule has 1 unspecified atom stereocenters. The van der Waals surface area contributed by atoms with Crippen molar-refractivity contribution in [1.82, 2.24) is 9.80 Å². The molecule has 3 rings (SSSR count). The van der Waals surface area contributed by atoms with Gasteiger partial charge in [0.05, 0.1) is 12.6 Å². The highest BCUT2D eigenvalue weighted by Gasteiger charge is 2.25. The third-order valence-electron chi connectivity index (χ3n) is 5.37. The van der Waals surface area contributed by atoms with E-state index in [0.717, 1.165) is 30.6 Å². The number of amides is 1. The fourth-order valence-electron chi connectivity index (χ4n) is 3.77. The molecular weight excluding hydrogens is 364 g/mol. The number of para-hydroxylation sites is 1. The Hall–Kier alpha value is -2.37. The van der Waals surface area contributed by atoms with Gasteiger partial charge in [-0.25, -0.2) is 0 Å². The summed E-state index contributed by atoms with van der Waals surface area (Å²) in [4.78, 5) is 17.3. The summed E-state index contributed by atoms with van der Waals surface area (Å²) in [7, 11) is 0. The number of hydrogen-bond donors (Lipinski definition) is 1. The molecule has 5 nitrogen and oxygen atoms in total. The normalized spacial score (nSPS) is 16.5. The number of rotatable bonds is 9. The highest BCUT2D eigenvalue weighted by atomic mass is 16.5. The molecule has 1 atom stereocenters. The van der Waals surface area contributed by atoms with E-state index in [1.807, 2.05) is 55.1 Å². The maximum absolute atomic E-state index is 13.2. The summed E-state index contributed by atoms with van der Waals surface area (Å²) in [6, 6.07) is 17.5. The largest absolute Gasteiger partial charge is 0.508 e. The summed E-state index contributed by atoms with van der Waals surface area (Å²) >= 11 is 0. The molecule has 1 saturated heterocycles. The van der Waals surface area contributed by atoms with E-state index in [2.05, 4.69) is 17.0 Å². The quantitative estimate of drug-likeness (QED) is 0.700. The zero-order chi connectivity index (χ0) is 20.6. The number of phenols is 1. The molecule has 1 aliphatic heterocycles. The van der Waals surface area contributed by atoms with Gasteiger partial charge in [-0.15, -0.1) is 0 Å². The Bertz CT molecular complexity index is 773. The van der Waals surface area contributed by atoms with Crippen molar-refractivity contribution >= 4 is 5.91 Å². The molecule has 1 aliphatic rings. The van der Waals surface area contributed by atoms with E-state index in [4.69, 9.17) is 4.74 Å². The third-order valence-corrected chi connectivity index (χ3v) is 5.37. The maximum Gasteiger partial charge on any atom is 0.237 e. The van der Waals surface area contributed by atoms with Crippen molar-refractivity contribution in [2.75, 3.05) is 19.7 Å². The van der Waals surface area contributed by atoms with E-state index in [0.29, 0.717) is 26.2 Å². The minimum Gasteiger partial charge on any atom is -0.508 e. The van der Waals surface area contributed by atoms with Gasteiger partial charge in [-0.2, -0.15) is 0 Å². The van der Waals surface area contributed by atoms with Crippen molar-refractivity contribution in [2.24, 2.45) is 0 Å². The molecule has 2 aromatic rings. The Morgan fingerprint density at radius 2 is 1.83 bits per heavy atom. The Morgan fingerprint density at radius 3 is 2.48 bits per heavy atom. The summed E-state index contributed by atoms with van der Waals surface area (Å²) in [5.41, 5.74) is 1.96. The number of aromatic hydroxyl groups is 1. The van der Waals surface area contributed by atoms with Gasteiger partial charge in [0.15, 0.2) is 0 Å². The van der Waals surface area contributed by atoms with Crippen LogP contribution in [-0.4, -0.2) is 52.7 Å². The van der Waals surface area contributed by atoms with Crippen LogP contribution < -0.4 is 0 Å². The van der Waals surface area contributed by atoms with Gasteiger partial charge in [0, 0.05) is 37.8 Å². The predicted molar refractivity (Wildman–Crippen MR) is 114 cm³/mol. The average molecular weight is 397 g/mol. The van der Waals surface area contributed by atoms with E-state index in [1.165, 1.54) is 0 Å². The first-order valence-electron chi connectivity index (χ1n) is 10.5. The molecule has 0 spiro atoms. The molecule has 1 heterocycles. The molecule has 0 saturated carbocycles. The smallest absolute Gasteiger partial charge is 0.237 e. The molecule has 156 valence electrons. The minimum atomic E-state index is 0.0947. The van der Waals surface area contributed by atoms with Gasteiger partial charge in [0.1, 0.15) is 5.75 Å². The number of carbonyl (C=O) groups is 1. The first-order chi connectivity index (χ1) is 14.0. The zero-order valence-electron chi connectivity index (χ0n) is 17.5. The topological polar surface area (TPSA) is 53.0 Å². The molecular formula is C24H32N2O3. The highest BCUT2D eigenvalue weighted by Crippen LogP contribution is 2.20. The Morgan fingerprint density at radius 1 is 1.10 bits per heavy atom. The van der Waals surface area contributed by atoms with Crippen LogP contribution in [0.5, 0.6) is 5.75 Å². The van der Waals surface area contributed by atoms with Crippen LogP contribution in [0.3, 0.4) is 0 Å². The number of carbonyl (C=O) groups excluding carboxylic acids is 1. The minimum absolute atomic E-state index is 0.0947. The lowest BCUT2D eigenvalue weighted by Crippen LogP contribution is -2.44. The first-order valence-corrected chi connectivity index (χ1v) is 10.5. The predicted octanol–water partition coefficient (Wildman–Crippen LogP) is 3.81. The average Bonchev–Trinajstić information content (AvgIpc) is 3.21. The van der Waals surface area contributed by atoms with Gasteiger partial charge in [-0.05, 0) is 38.3 Å². The summed E-state index contributed by atoms with van der Waals surface area (Å²) < 4.78 is 5.81. The van der Waals surface area contributed by atoms with Crippen LogP contribution in [-0.2, 0) is 22.6 Å². The Labute approximate surface area is 173 Å². The van der Waals surface area contributed by atoms with Gasteiger partial charge in [-0.1, -0.05) is 48.5 Å². The number of phenolic OH excluding ortho intramolecular Hbond substituents is 1. The fourth-order valence-corrected chi connectivity index (χ4v) is 3.77. The van der Waals surface area contributed by atoms with E-state index in [-0.39, 0.29) is 23.8 Å². The Balaban J connectivity index is 1.71. The lowest BCUT2D eigenvalue weighted by Gasteiger charge is -2.31. The number of hydrogen-bond acceptors (Lipinski definition) is 4. The van der Waals surface area contributed by atoms with Crippen LogP contribution in [0.1, 0.15) is 37.8 Å². The van der Waals surface area contributed by atoms with Crippen LogP contribution in [0.15, 0.2) is 54.6 Å². The van der Waals surface area contributed by atoms with E-state index in [9.17, 15) is 9.90 Å². The number of benzene rings is 2. The molecule has 0 aliphatic carbocycles. The first kappa shape index (κ1) is 21.3. The van der Waals surface area contributed by atoms with Crippen LogP contribution >= 0.6 is 0 Å². The van der Waals surface area contributed by atoms with Gasteiger partial charge >= 0.3 is 0 Å². The molecule has 0 radical (unpaired) electrons. The second kappa shape index (κ2) is 10.4. The summed E-state index contributed by atoms with van der Waals surface area (Å²) in [6.45, 7) is 7.01. The zero-order valence-corrected chi connectivity index (χ0v) is 17.5. The van der Waals surface area contributed by atoms with Gasteiger partial charge in [0.25, 0.3) is 0 Å². The van der Waals surface area contributed by atoms with E-state index in [1.54, 1.807) is 6.07 Å². The molecule has 0 bridgehead atoms. The monoisotopic (exact) mass is 396 g/mol. The number of nitrogens with zero attached hydrogens (tertiary/aromatic N) is 2. The summed E-state index contributed by atoms with van der Waals surface area (Å²) in [6.07, 6.45) is 2.23. The number of ether oxygens (including phenoxy) is 1. The molecule has 2 aromatic carbocycles. The SMILES string of the molecule is CC(C)N(Cc1ccccc1)C(=O)CN(Cc1ccccc1O)CC1CCCO1. The van der Waals surface area contributed by atoms with E-state index < -0.39 is 0 Å². The third kappa shape index (κ3) is 6.31. The summed E-state index contributed by atoms with van der Waals surface area (Å²) in [5.74, 6) is 0.361. The molecule has 0 aromatic heterocycles. The molecule has 1 amide bonds. The lowest BCUT2D eigenvalue weighted by atomic mass is 10.1. The highest BCUT2D eigenvalue weighted by molar-refractivity contribution is 5.78. The van der Waals surface area contributed by atoms with Crippen LogP contribution in [0, 0.1) is 0 Å². The fraction of sp³-hybridized carbons (Fsp3) is 0.458. The standard InChI is InChI=1S/C24H32N2O3/c1-19(2)26(15-20-9-4-3-5-10-20)24(28)18-25(17-22-12-8-14-29-22)16-21-11-6-7-13-23(21)27/h3-7,9-11,13,19,22,27H,8,12,14-18H2,1-2H3. The van der Waals surface area contributed by atoms with Crippen LogP contribution in [0.2, 0.25) is 0 Å². The van der Waals surface area contributed by atoms with E-state index >= 15 is 0 Å². The second-order valence-electron chi connectivity index (χ2n) is 8.03. The van der Waals surface area contributed by atoms with Gasteiger partial charge < -0.3 is 14.7 Å². The van der Waals surface area contributed by atoms with Gasteiger partial charge in [0.2, 0.25) is 5.91 Å². The lowest BCUT2D eigenvalue weighted by molar-refractivity contribution is -0.135. The van der Waals surface area contributed by atoms with Gasteiger partial charge in [-0.3, -0.25) is 9.69 Å². The van der Waals surface area contributed by atoms with Crippen molar-refractivity contribution in [1.29, 1.82) is 0 Å². The van der Waals surface area contributed by atoms with Crippen molar-refractivity contribution in [3.8, 4) is 5.75 Å². The summed E-state index contributed by atoms with van der Waals surface area (Å²) in [5, 5.41) is 10.2. The maximum atomic E-state index is 13.2. The Kier molecular flexibility index (Phi) is 7.67. The van der Waals surface area contributed by atoms with Crippen molar-refractivity contribution in [3.05, 3.63) is 65.7 Å². The molecule has 1 fully saturated rings. The molecule has 29 heavy (non-hydrogen) atoms. The van der Waals surface area contributed by atoms with Crippen LogP contribution in [0.25, 0.3) is 0 Å². The molecule has 5 heteroatoms. The molecule has 1 N–H and O–H groups in total.